The number of rotatable bonds is 11. The lowest BCUT2D eigenvalue weighted by atomic mass is 10.0. The number of anilines is 3. The fourth-order valence-electron chi connectivity index (χ4n) is 4.89. The van der Waals surface area contributed by atoms with E-state index in [4.69, 9.17) is 9.47 Å². The van der Waals surface area contributed by atoms with Gasteiger partial charge >= 0.3 is 0 Å². The number of likely N-dealkylation sites (tertiary alicyclic amines) is 1. The molecule has 13 heteroatoms. The number of ether oxygens (including phenoxy) is 2. The number of nitrogens with zero attached hydrogens (tertiary/aromatic N) is 2. The third kappa shape index (κ3) is 9.80. The van der Waals surface area contributed by atoms with Crippen LogP contribution in [0.2, 0.25) is 0 Å². The van der Waals surface area contributed by atoms with Gasteiger partial charge in [-0.05, 0) is 79.1 Å². The largest absolute Gasteiger partial charge is 0.493 e. The minimum Gasteiger partial charge on any atom is -0.493 e. The number of nitrogens with one attached hydrogen (secondary N) is 3. The minimum atomic E-state index is -3.41. The Morgan fingerprint density at radius 3 is 2.22 bits per heavy atom. The fourth-order valence-corrected chi connectivity index (χ4v) is 5.45. The summed E-state index contributed by atoms with van der Waals surface area (Å²) in [6, 6.07) is 21.9. The van der Waals surface area contributed by atoms with Gasteiger partial charge in [0.2, 0.25) is 15.9 Å². The van der Waals surface area contributed by atoms with Crippen LogP contribution < -0.4 is 24.8 Å². The first-order chi connectivity index (χ1) is 21.1. The van der Waals surface area contributed by atoms with E-state index in [1.807, 2.05) is 18.2 Å². The number of amides is 1. The topological polar surface area (TPSA) is 122 Å². The lowest BCUT2D eigenvalue weighted by Gasteiger charge is -2.32. The second kappa shape index (κ2) is 15.1. The summed E-state index contributed by atoms with van der Waals surface area (Å²) >= 11 is 0. The van der Waals surface area contributed by atoms with E-state index in [1.54, 1.807) is 42.6 Å². The van der Waals surface area contributed by atoms with Crippen LogP contribution in [0.5, 0.6) is 17.4 Å². The second-order valence-electron chi connectivity index (χ2n) is 10.6. The number of benzene rings is 3. The first-order valence-electron chi connectivity index (χ1n) is 14.1. The fraction of sp³-hybridized carbons (Fsp3) is 0.250. The van der Waals surface area contributed by atoms with Crippen LogP contribution in [0.4, 0.5) is 21.5 Å². The normalized spacial score (nSPS) is 13.8. The number of halogens is 2. The van der Waals surface area contributed by atoms with E-state index in [0.717, 1.165) is 50.0 Å². The monoisotopic (exact) mass is 655 g/mol. The number of pyridine rings is 1. The summed E-state index contributed by atoms with van der Waals surface area (Å²) in [6.45, 7) is 2.63. The number of methoxy groups -OCH3 is 1. The molecule has 0 atom stereocenters. The van der Waals surface area contributed by atoms with E-state index in [1.165, 1.54) is 31.4 Å². The van der Waals surface area contributed by atoms with Crippen LogP contribution in [0.3, 0.4) is 0 Å². The molecule has 1 amide bonds. The quantitative estimate of drug-likeness (QED) is 0.176. The Morgan fingerprint density at radius 2 is 1.60 bits per heavy atom. The van der Waals surface area contributed by atoms with Gasteiger partial charge in [0.1, 0.15) is 5.82 Å². The van der Waals surface area contributed by atoms with Crippen molar-refractivity contribution in [2.75, 3.05) is 41.8 Å². The summed E-state index contributed by atoms with van der Waals surface area (Å²) in [5, 5.41) is 6.34. The van der Waals surface area contributed by atoms with Crippen LogP contribution in [-0.4, -0.2) is 56.7 Å². The van der Waals surface area contributed by atoms with Crippen LogP contribution in [0, 0.1) is 5.82 Å². The minimum absolute atomic E-state index is 0. The molecule has 0 spiro atoms. The molecule has 238 valence electrons. The molecular formula is C32H35ClFN5O5S. The van der Waals surface area contributed by atoms with E-state index in [-0.39, 0.29) is 24.1 Å². The number of hydrogen-bond acceptors (Lipinski definition) is 8. The molecule has 5 rings (SSSR count). The Kier molecular flexibility index (Phi) is 11.2. The van der Waals surface area contributed by atoms with Crippen LogP contribution in [-0.2, 0) is 16.6 Å². The molecule has 2 heterocycles. The third-order valence-electron chi connectivity index (χ3n) is 7.09. The van der Waals surface area contributed by atoms with Gasteiger partial charge in [-0.3, -0.25) is 14.4 Å². The molecule has 45 heavy (non-hydrogen) atoms. The maximum absolute atomic E-state index is 13.1. The van der Waals surface area contributed by atoms with Crippen molar-refractivity contribution in [3.05, 3.63) is 102 Å². The molecule has 1 fully saturated rings. The van der Waals surface area contributed by atoms with Gasteiger partial charge in [0.05, 0.1) is 19.1 Å². The van der Waals surface area contributed by atoms with Gasteiger partial charge in [0.15, 0.2) is 11.5 Å². The third-order valence-corrected chi connectivity index (χ3v) is 7.70. The van der Waals surface area contributed by atoms with E-state index < -0.39 is 10.0 Å². The van der Waals surface area contributed by atoms with Crippen molar-refractivity contribution >= 4 is 45.4 Å². The summed E-state index contributed by atoms with van der Waals surface area (Å²) in [6.07, 6.45) is 4.83. The number of hydrogen-bond donors (Lipinski definition) is 3. The van der Waals surface area contributed by atoms with Crippen molar-refractivity contribution in [3.8, 4) is 17.4 Å². The van der Waals surface area contributed by atoms with Gasteiger partial charge in [-0.25, -0.2) is 17.8 Å². The first kappa shape index (κ1) is 33.5. The van der Waals surface area contributed by atoms with Crippen LogP contribution in [0.1, 0.15) is 28.8 Å². The molecule has 4 aromatic rings. The summed E-state index contributed by atoms with van der Waals surface area (Å²) < 4.78 is 49.7. The molecule has 1 aliphatic rings. The number of aromatic nitrogens is 1. The highest BCUT2D eigenvalue weighted by Crippen LogP contribution is 2.33. The van der Waals surface area contributed by atoms with Crippen molar-refractivity contribution < 1.29 is 27.1 Å². The van der Waals surface area contributed by atoms with Crippen molar-refractivity contribution in [3.63, 3.8) is 0 Å². The predicted octanol–water partition coefficient (Wildman–Crippen LogP) is 6.14. The summed E-state index contributed by atoms with van der Waals surface area (Å²) in [4.78, 5) is 19.3. The van der Waals surface area contributed by atoms with Crippen molar-refractivity contribution in [1.82, 2.24) is 9.88 Å². The molecule has 3 N–H and O–H groups in total. The van der Waals surface area contributed by atoms with Crippen LogP contribution in [0.25, 0.3) is 0 Å². The highest BCUT2D eigenvalue weighted by molar-refractivity contribution is 7.92. The molecule has 1 aromatic heterocycles. The Hall–Kier alpha value is -4.39. The molecule has 0 aliphatic carbocycles. The summed E-state index contributed by atoms with van der Waals surface area (Å²) in [5.74, 6) is 0.603. The molecular weight excluding hydrogens is 621 g/mol. The van der Waals surface area contributed by atoms with E-state index in [2.05, 4.69) is 25.2 Å². The van der Waals surface area contributed by atoms with Crippen molar-refractivity contribution in [2.45, 2.75) is 25.4 Å². The number of sulfonamides is 1. The van der Waals surface area contributed by atoms with Crippen molar-refractivity contribution in [1.29, 1.82) is 0 Å². The lowest BCUT2D eigenvalue weighted by Crippen LogP contribution is -2.38. The molecule has 0 saturated carbocycles. The van der Waals surface area contributed by atoms with Crippen molar-refractivity contribution in [2.24, 2.45) is 0 Å². The standard InChI is InChI=1S/C32H34FN5O5S.ClH/c1-42-30-19-28(37-44(2,40)41)12-13-29(30)43-31-14-3-22(20-34-31)21-38-17-15-27(16-18-38)35-25-8-4-23(5-9-25)32(39)36-26-10-6-24(33)7-11-26;/h3-14,19-20,27,35,37H,15-18,21H2,1-2H3,(H,36,39);1H. The molecule has 1 aliphatic heterocycles. The average Bonchev–Trinajstić information content (AvgIpc) is 3.00. The van der Waals surface area contributed by atoms with Gasteiger partial charge in [0, 0.05) is 60.9 Å². The van der Waals surface area contributed by atoms with Gasteiger partial charge < -0.3 is 20.1 Å². The zero-order valence-electron chi connectivity index (χ0n) is 24.8. The SMILES string of the molecule is COc1cc(NS(C)(=O)=O)ccc1Oc1ccc(CN2CCC(Nc3ccc(C(=O)Nc4ccc(F)cc4)cc3)CC2)cn1.Cl. The number of carbonyl (C=O) groups is 1. The summed E-state index contributed by atoms with van der Waals surface area (Å²) in [7, 11) is -1.92. The van der Waals surface area contributed by atoms with Crippen LogP contribution in [0.15, 0.2) is 85.1 Å². The highest BCUT2D eigenvalue weighted by Gasteiger charge is 2.20. The molecule has 0 bridgehead atoms. The lowest BCUT2D eigenvalue weighted by molar-refractivity contribution is 0.102. The zero-order chi connectivity index (χ0) is 31.1. The average molecular weight is 656 g/mol. The Bertz CT molecular complexity index is 1680. The van der Waals surface area contributed by atoms with Crippen LogP contribution >= 0.6 is 12.4 Å². The van der Waals surface area contributed by atoms with Gasteiger partial charge in [-0.15, -0.1) is 12.4 Å². The maximum Gasteiger partial charge on any atom is 0.255 e. The zero-order valence-corrected chi connectivity index (χ0v) is 26.5. The van der Waals surface area contributed by atoms with Gasteiger partial charge in [-0.1, -0.05) is 6.07 Å². The molecule has 3 aromatic carbocycles. The maximum atomic E-state index is 13.1. The predicted molar refractivity (Wildman–Crippen MR) is 176 cm³/mol. The Labute approximate surface area is 268 Å². The smallest absolute Gasteiger partial charge is 0.255 e. The molecule has 0 radical (unpaired) electrons. The van der Waals surface area contributed by atoms with Gasteiger partial charge in [-0.2, -0.15) is 0 Å². The molecule has 0 unspecified atom stereocenters. The van der Waals surface area contributed by atoms with Gasteiger partial charge in [0.25, 0.3) is 5.91 Å². The van der Waals surface area contributed by atoms with E-state index >= 15 is 0 Å². The molecule has 10 nitrogen and oxygen atoms in total. The van der Waals surface area contributed by atoms with E-state index in [0.29, 0.717) is 40.4 Å². The highest BCUT2D eigenvalue weighted by atomic mass is 35.5. The second-order valence-corrected chi connectivity index (χ2v) is 12.3. The summed E-state index contributed by atoms with van der Waals surface area (Å²) in [5.41, 5.74) is 3.47. The first-order valence-corrected chi connectivity index (χ1v) is 16.0. The Morgan fingerprint density at radius 1 is 0.933 bits per heavy atom. The number of carbonyl (C=O) groups excluding carboxylic acids is 1. The van der Waals surface area contributed by atoms with E-state index in [9.17, 15) is 17.6 Å². The number of piperidine rings is 1. The molecule has 1 saturated heterocycles. The Balaban J connectivity index is 0.00000461.